The summed E-state index contributed by atoms with van der Waals surface area (Å²) >= 11 is 0. The normalized spacial score (nSPS) is 11.2. The van der Waals surface area contributed by atoms with Gasteiger partial charge in [0.1, 0.15) is 0 Å². The van der Waals surface area contributed by atoms with E-state index in [1.807, 2.05) is 18.3 Å². The van der Waals surface area contributed by atoms with E-state index in [9.17, 15) is 0 Å². The molecule has 0 radical (unpaired) electrons. The standard InChI is InChI=1S/C21H20N2O2/c1-4-14-5-7-16(8-6-14)23-10-9-15-13-22-18-12-20(25-3)19(24-2)11-17(18)21(15)23/h5-13H,4H2,1-3H3. The summed E-state index contributed by atoms with van der Waals surface area (Å²) in [7, 11) is 3.29. The zero-order chi connectivity index (χ0) is 17.4. The second-order valence-corrected chi connectivity index (χ2v) is 5.99. The fourth-order valence-electron chi connectivity index (χ4n) is 3.25. The highest BCUT2D eigenvalue weighted by molar-refractivity contribution is 6.05. The van der Waals surface area contributed by atoms with E-state index in [2.05, 4.69) is 53.0 Å². The summed E-state index contributed by atoms with van der Waals surface area (Å²) in [5.74, 6) is 1.39. The van der Waals surface area contributed by atoms with Crippen molar-refractivity contribution in [1.29, 1.82) is 0 Å². The Balaban J connectivity index is 2.00. The SMILES string of the molecule is CCc1ccc(-n2ccc3cnc4cc(OC)c(OC)cc4c32)cc1. The van der Waals surface area contributed by atoms with Gasteiger partial charge in [0.25, 0.3) is 0 Å². The van der Waals surface area contributed by atoms with Gasteiger partial charge in [0.15, 0.2) is 11.5 Å². The highest BCUT2D eigenvalue weighted by Crippen LogP contribution is 2.35. The van der Waals surface area contributed by atoms with Crippen molar-refractivity contribution in [2.24, 2.45) is 0 Å². The monoisotopic (exact) mass is 332 g/mol. The molecule has 0 bridgehead atoms. The molecule has 4 nitrogen and oxygen atoms in total. The first-order chi connectivity index (χ1) is 12.2. The molecule has 0 aliphatic rings. The Morgan fingerprint density at radius 2 is 1.68 bits per heavy atom. The van der Waals surface area contributed by atoms with Crippen LogP contribution in [0.4, 0.5) is 0 Å². The van der Waals surface area contributed by atoms with Gasteiger partial charge in [-0.1, -0.05) is 19.1 Å². The fraction of sp³-hybridized carbons (Fsp3) is 0.190. The van der Waals surface area contributed by atoms with Gasteiger partial charge in [0.2, 0.25) is 0 Å². The topological polar surface area (TPSA) is 36.3 Å². The van der Waals surface area contributed by atoms with Gasteiger partial charge in [-0.2, -0.15) is 0 Å². The third-order valence-electron chi connectivity index (χ3n) is 4.64. The third kappa shape index (κ3) is 2.50. The van der Waals surface area contributed by atoms with Gasteiger partial charge in [-0.05, 0) is 36.2 Å². The van der Waals surface area contributed by atoms with Crippen LogP contribution in [0.3, 0.4) is 0 Å². The van der Waals surface area contributed by atoms with Crippen LogP contribution in [0.2, 0.25) is 0 Å². The average molecular weight is 332 g/mol. The Morgan fingerprint density at radius 1 is 0.960 bits per heavy atom. The van der Waals surface area contributed by atoms with Gasteiger partial charge in [0, 0.05) is 34.9 Å². The number of ether oxygens (including phenoxy) is 2. The van der Waals surface area contributed by atoms with Crippen molar-refractivity contribution in [3.05, 3.63) is 60.4 Å². The maximum atomic E-state index is 5.48. The lowest BCUT2D eigenvalue weighted by atomic mass is 10.1. The molecule has 0 N–H and O–H groups in total. The second-order valence-electron chi connectivity index (χ2n) is 5.99. The number of aryl methyl sites for hydroxylation is 1. The number of hydrogen-bond acceptors (Lipinski definition) is 3. The van der Waals surface area contributed by atoms with Gasteiger partial charge in [-0.3, -0.25) is 4.98 Å². The van der Waals surface area contributed by atoms with E-state index < -0.39 is 0 Å². The number of hydrogen-bond donors (Lipinski definition) is 0. The predicted molar refractivity (Wildman–Crippen MR) is 101 cm³/mol. The quantitative estimate of drug-likeness (QED) is 0.541. The van der Waals surface area contributed by atoms with Crippen molar-refractivity contribution >= 4 is 21.8 Å². The van der Waals surface area contributed by atoms with Gasteiger partial charge in [0.05, 0.1) is 25.3 Å². The van der Waals surface area contributed by atoms with E-state index >= 15 is 0 Å². The highest BCUT2D eigenvalue weighted by atomic mass is 16.5. The Bertz CT molecular complexity index is 1050. The molecule has 4 aromatic rings. The van der Waals surface area contributed by atoms with E-state index in [4.69, 9.17) is 9.47 Å². The molecule has 4 heteroatoms. The Kier molecular flexibility index (Phi) is 3.80. The van der Waals surface area contributed by atoms with Crippen LogP contribution in [0.25, 0.3) is 27.5 Å². The lowest BCUT2D eigenvalue weighted by Crippen LogP contribution is -1.96. The third-order valence-corrected chi connectivity index (χ3v) is 4.64. The van der Waals surface area contributed by atoms with Crippen LogP contribution in [-0.4, -0.2) is 23.8 Å². The summed E-state index contributed by atoms with van der Waals surface area (Å²) in [5, 5.41) is 2.14. The number of rotatable bonds is 4. The summed E-state index contributed by atoms with van der Waals surface area (Å²) in [5.41, 5.74) is 4.47. The summed E-state index contributed by atoms with van der Waals surface area (Å²) in [6, 6.07) is 14.7. The van der Waals surface area contributed by atoms with Crippen LogP contribution < -0.4 is 9.47 Å². The maximum Gasteiger partial charge on any atom is 0.162 e. The van der Waals surface area contributed by atoms with Crippen LogP contribution in [-0.2, 0) is 6.42 Å². The molecule has 0 saturated carbocycles. The number of aromatic nitrogens is 2. The van der Waals surface area contributed by atoms with Crippen molar-refractivity contribution in [3.63, 3.8) is 0 Å². The van der Waals surface area contributed by atoms with Crippen molar-refractivity contribution in [1.82, 2.24) is 9.55 Å². The first-order valence-electron chi connectivity index (χ1n) is 8.36. The molecule has 0 saturated heterocycles. The smallest absolute Gasteiger partial charge is 0.162 e. The average Bonchev–Trinajstić information content (AvgIpc) is 3.11. The number of nitrogens with zero attached hydrogens (tertiary/aromatic N) is 2. The Morgan fingerprint density at radius 3 is 2.36 bits per heavy atom. The Hall–Kier alpha value is -3.01. The minimum absolute atomic E-state index is 0.687. The molecule has 0 amide bonds. The lowest BCUT2D eigenvalue weighted by molar-refractivity contribution is 0.356. The van der Waals surface area contributed by atoms with Crippen molar-refractivity contribution in [3.8, 4) is 17.2 Å². The summed E-state index contributed by atoms with van der Waals surface area (Å²) in [6.07, 6.45) is 5.03. The first-order valence-corrected chi connectivity index (χ1v) is 8.36. The molecule has 2 heterocycles. The van der Waals surface area contributed by atoms with Gasteiger partial charge >= 0.3 is 0 Å². The molecule has 0 aliphatic heterocycles. The largest absolute Gasteiger partial charge is 0.493 e. The molecule has 0 spiro atoms. The molecule has 0 atom stereocenters. The number of methoxy groups -OCH3 is 2. The molecule has 4 rings (SSSR count). The van der Waals surface area contributed by atoms with Gasteiger partial charge < -0.3 is 14.0 Å². The minimum atomic E-state index is 0.687. The predicted octanol–water partition coefficient (Wildman–Crippen LogP) is 4.76. The molecule has 0 fully saturated rings. The number of fused-ring (bicyclic) bond motifs is 3. The van der Waals surface area contributed by atoms with Crippen LogP contribution in [0.15, 0.2) is 54.9 Å². The molecular formula is C21H20N2O2. The van der Waals surface area contributed by atoms with Crippen LogP contribution in [0.1, 0.15) is 12.5 Å². The van der Waals surface area contributed by atoms with Crippen molar-refractivity contribution < 1.29 is 9.47 Å². The van der Waals surface area contributed by atoms with Crippen LogP contribution in [0.5, 0.6) is 11.5 Å². The Labute approximate surface area is 146 Å². The van der Waals surface area contributed by atoms with E-state index in [1.54, 1.807) is 14.2 Å². The number of pyridine rings is 1. The van der Waals surface area contributed by atoms with Crippen molar-refractivity contribution in [2.45, 2.75) is 13.3 Å². The lowest BCUT2D eigenvalue weighted by Gasteiger charge is -2.12. The molecular weight excluding hydrogens is 312 g/mol. The van der Waals surface area contributed by atoms with E-state index in [0.717, 1.165) is 33.9 Å². The molecule has 2 aromatic carbocycles. The van der Waals surface area contributed by atoms with Crippen LogP contribution in [0, 0.1) is 0 Å². The number of benzene rings is 2. The summed E-state index contributed by atoms with van der Waals surface area (Å²) in [4.78, 5) is 4.58. The van der Waals surface area contributed by atoms with E-state index in [-0.39, 0.29) is 0 Å². The molecule has 0 aliphatic carbocycles. The van der Waals surface area contributed by atoms with Gasteiger partial charge in [-0.25, -0.2) is 0 Å². The molecule has 126 valence electrons. The maximum absolute atomic E-state index is 5.48. The van der Waals surface area contributed by atoms with Gasteiger partial charge in [-0.15, -0.1) is 0 Å². The van der Waals surface area contributed by atoms with E-state index in [1.165, 1.54) is 5.56 Å². The first kappa shape index (κ1) is 15.5. The zero-order valence-corrected chi connectivity index (χ0v) is 14.6. The van der Waals surface area contributed by atoms with Crippen LogP contribution >= 0.6 is 0 Å². The van der Waals surface area contributed by atoms with Crippen molar-refractivity contribution in [2.75, 3.05) is 14.2 Å². The fourth-order valence-corrected chi connectivity index (χ4v) is 3.25. The molecule has 25 heavy (non-hydrogen) atoms. The van der Waals surface area contributed by atoms with E-state index in [0.29, 0.717) is 11.5 Å². The zero-order valence-electron chi connectivity index (χ0n) is 14.6. The second kappa shape index (κ2) is 6.13. The molecule has 0 unspecified atom stereocenters. The molecule has 2 aromatic heterocycles. The summed E-state index contributed by atoms with van der Waals surface area (Å²) < 4.78 is 13.1. The highest BCUT2D eigenvalue weighted by Gasteiger charge is 2.13. The minimum Gasteiger partial charge on any atom is -0.493 e. The summed E-state index contributed by atoms with van der Waals surface area (Å²) in [6.45, 7) is 2.17.